The van der Waals surface area contributed by atoms with Crippen LogP contribution in [0.15, 0.2) is 24.3 Å². The smallest absolute Gasteiger partial charge is 0.325 e. The predicted octanol–water partition coefficient (Wildman–Crippen LogP) is 2.79. The average molecular weight is 355 g/mol. The molecule has 2 aliphatic rings. The fourth-order valence-electron chi connectivity index (χ4n) is 4.77. The number of benzene rings is 1. The predicted molar refractivity (Wildman–Crippen MR) is 103 cm³/mol. The van der Waals surface area contributed by atoms with E-state index in [2.05, 4.69) is 46.4 Å². The van der Waals surface area contributed by atoms with E-state index in [0.29, 0.717) is 6.04 Å². The number of rotatable bonds is 4. The van der Waals surface area contributed by atoms with E-state index >= 15 is 0 Å². The van der Waals surface area contributed by atoms with Gasteiger partial charge in [0.05, 0.1) is 7.11 Å². The summed E-state index contributed by atoms with van der Waals surface area (Å²) in [6.07, 6.45) is 2.66. The van der Waals surface area contributed by atoms with Gasteiger partial charge in [-0.2, -0.15) is 0 Å². The molecule has 4 rings (SSSR count). The van der Waals surface area contributed by atoms with Gasteiger partial charge in [0.25, 0.3) is 0 Å². The number of esters is 1. The zero-order valence-electron chi connectivity index (χ0n) is 16.1. The lowest BCUT2D eigenvalue weighted by Crippen LogP contribution is -2.54. The minimum atomic E-state index is -0.201. The van der Waals surface area contributed by atoms with Crippen molar-refractivity contribution in [2.24, 2.45) is 0 Å². The molecule has 0 unspecified atom stereocenters. The molecule has 140 valence electrons. The van der Waals surface area contributed by atoms with Crippen LogP contribution in [0.25, 0.3) is 10.9 Å². The summed E-state index contributed by atoms with van der Waals surface area (Å²) in [4.78, 5) is 17.2. The maximum atomic E-state index is 11.9. The van der Waals surface area contributed by atoms with Crippen molar-refractivity contribution in [1.82, 2.24) is 14.4 Å². The fourth-order valence-corrected chi connectivity index (χ4v) is 4.77. The lowest BCUT2D eigenvalue weighted by Gasteiger charge is -2.42. The molecule has 26 heavy (non-hydrogen) atoms. The largest absolute Gasteiger partial charge is 0.468 e. The van der Waals surface area contributed by atoms with Gasteiger partial charge in [0.15, 0.2) is 0 Å². The van der Waals surface area contributed by atoms with Crippen LogP contribution in [-0.4, -0.2) is 59.2 Å². The molecule has 0 radical (unpaired) electrons. The molecular formula is C21H29N3O2. The van der Waals surface area contributed by atoms with Gasteiger partial charge in [-0.3, -0.25) is 14.6 Å². The van der Waals surface area contributed by atoms with Crippen LogP contribution in [0.4, 0.5) is 0 Å². The van der Waals surface area contributed by atoms with Gasteiger partial charge in [-0.05, 0) is 44.9 Å². The molecular weight excluding hydrogens is 326 g/mol. The van der Waals surface area contributed by atoms with E-state index in [9.17, 15) is 4.79 Å². The molecule has 2 aliphatic heterocycles. The summed E-state index contributed by atoms with van der Waals surface area (Å²) in [5.74, 6) is -0.201. The second-order valence-corrected chi connectivity index (χ2v) is 7.81. The highest BCUT2D eigenvalue weighted by molar-refractivity contribution is 5.87. The molecule has 5 nitrogen and oxygen atoms in total. The van der Waals surface area contributed by atoms with Gasteiger partial charge >= 0.3 is 5.97 Å². The topological polar surface area (TPSA) is 37.7 Å². The third kappa shape index (κ3) is 3.03. The van der Waals surface area contributed by atoms with Crippen molar-refractivity contribution in [2.75, 3.05) is 26.7 Å². The Hall–Kier alpha value is -1.85. The van der Waals surface area contributed by atoms with E-state index in [1.165, 1.54) is 49.7 Å². The third-order valence-corrected chi connectivity index (χ3v) is 6.30. The van der Waals surface area contributed by atoms with Crippen LogP contribution in [0.1, 0.15) is 31.0 Å². The number of carbonyl (C=O) groups excluding carboxylic acids is 1. The first-order chi connectivity index (χ1) is 12.6. The zero-order valence-corrected chi connectivity index (χ0v) is 16.1. The number of methoxy groups -OCH3 is 1. The van der Waals surface area contributed by atoms with Crippen LogP contribution >= 0.6 is 0 Å². The van der Waals surface area contributed by atoms with Gasteiger partial charge in [0.1, 0.15) is 6.54 Å². The van der Waals surface area contributed by atoms with Crippen molar-refractivity contribution < 1.29 is 9.53 Å². The lowest BCUT2D eigenvalue weighted by molar-refractivity contribution is -0.141. The Bertz CT molecular complexity index is 813. The number of carbonyl (C=O) groups is 1. The first-order valence-electron chi connectivity index (χ1n) is 9.70. The van der Waals surface area contributed by atoms with Crippen molar-refractivity contribution in [1.29, 1.82) is 0 Å². The average Bonchev–Trinajstić information content (AvgIpc) is 3.19. The standard InChI is InChI=1S/C21H29N3O2/c1-15-11-22-10-6-7-17(22)12-23(15)13-19-16(2)24(14-21(25)26-3)20-9-5-4-8-18(19)20/h4-5,8-9,15,17H,6-7,10-14H2,1-3H3/t15-,17+/m1/s1. The van der Waals surface area contributed by atoms with Gasteiger partial charge in [-0.15, -0.1) is 0 Å². The Labute approximate surface area is 155 Å². The van der Waals surface area contributed by atoms with Crippen LogP contribution in [0.2, 0.25) is 0 Å². The minimum Gasteiger partial charge on any atom is -0.468 e. The normalized spacial score (nSPS) is 24.1. The number of hydrogen-bond donors (Lipinski definition) is 0. The van der Waals surface area contributed by atoms with Crippen LogP contribution < -0.4 is 0 Å². The minimum absolute atomic E-state index is 0.201. The summed E-state index contributed by atoms with van der Waals surface area (Å²) in [6, 6.07) is 9.70. The Balaban J connectivity index is 1.66. The van der Waals surface area contributed by atoms with Gasteiger partial charge in [0.2, 0.25) is 0 Å². The lowest BCUT2D eigenvalue weighted by atomic mass is 10.0. The fraction of sp³-hybridized carbons (Fsp3) is 0.571. The van der Waals surface area contributed by atoms with E-state index in [-0.39, 0.29) is 12.5 Å². The van der Waals surface area contributed by atoms with Crippen molar-refractivity contribution in [3.63, 3.8) is 0 Å². The summed E-state index contributed by atoms with van der Waals surface area (Å²) < 4.78 is 7.01. The highest BCUT2D eigenvalue weighted by atomic mass is 16.5. The number of nitrogens with zero attached hydrogens (tertiary/aromatic N) is 3. The molecule has 0 amide bonds. The molecule has 3 heterocycles. The maximum absolute atomic E-state index is 11.9. The van der Waals surface area contributed by atoms with Crippen molar-refractivity contribution in [2.45, 2.75) is 51.9 Å². The Morgan fingerprint density at radius 1 is 1.27 bits per heavy atom. The number of aromatic nitrogens is 1. The summed E-state index contributed by atoms with van der Waals surface area (Å²) in [7, 11) is 1.45. The molecule has 0 spiro atoms. The van der Waals surface area contributed by atoms with Crippen LogP contribution in [0.5, 0.6) is 0 Å². The van der Waals surface area contributed by atoms with E-state index in [1.807, 2.05) is 6.07 Å². The highest BCUT2D eigenvalue weighted by Gasteiger charge is 2.34. The van der Waals surface area contributed by atoms with Crippen LogP contribution in [0.3, 0.4) is 0 Å². The molecule has 2 atom stereocenters. The molecule has 0 bridgehead atoms. The molecule has 2 fully saturated rings. The molecule has 5 heteroatoms. The summed E-state index contributed by atoms with van der Waals surface area (Å²) in [5.41, 5.74) is 3.65. The van der Waals surface area contributed by atoms with E-state index < -0.39 is 0 Å². The van der Waals surface area contributed by atoms with Crippen molar-refractivity contribution in [3.8, 4) is 0 Å². The highest BCUT2D eigenvalue weighted by Crippen LogP contribution is 2.30. The number of para-hydroxylation sites is 1. The van der Waals surface area contributed by atoms with Crippen LogP contribution in [0, 0.1) is 6.92 Å². The molecule has 0 N–H and O–H groups in total. The van der Waals surface area contributed by atoms with Gasteiger partial charge in [-0.25, -0.2) is 0 Å². The first-order valence-corrected chi connectivity index (χ1v) is 9.70. The van der Waals surface area contributed by atoms with Crippen molar-refractivity contribution >= 4 is 16.9 Å². The SMILES string of the molecule is COC(=O)Cn1c(C)c(CN2C[C@@H]3CCCN3C[C@H]2C)c2ccccc21. The van der Waals surface area contributed by atoms with E-state index in [1.54, 1.807) is 0 Å². The number of fused-ring (bicyclic) bond motifs is 2. The molecule has 2 aromatic rings. The Kier molecular flexibility index (Phi) is 4.76. The molecule has 0 aliphatic carbocycles. The second kappa shape index (κ2) is 7.05. The summed E-state index contributed by atoms with van der Waals surface area (Å²) in [5, 5.41) is 1.26. The number of ether oxygens (including phenoxy) is 1. The molecule has 2 saturated heterocycles. The Morgan fingerprint density at radius 3 is 2.88 bits per heavy atom. The molecule has 1 aromatic carbocycles. The summed E-state index contributed by atoms with van der Waals surface area (Å²) in [6.45, 7) is 9.29. The van der Waals surface area contributed by atoms with E-state index in [4.69, 9.17) is 4.74 Å². The maximum Gasteiger partial charge on any atom is 0.325 e. The van der Waals surface area contributed by atoms with Crippen molar-refractivity contribution in [3.05, 3.63) is 35.5 Å². The van der Waals surface area contributed by atoms with Gasteiger partial charge < -0.3 is 9.30 Å². The monoisotopic (exact) mass is 355 g/mol. The van der Waals surface area contributed by atoms with Gasteiger partial charge in [0, 0.05) is 48.3 Å². The summed E-state index contributed by atoms with van der Waals surface area (Å²) >= 11 is 0. The third-order valence-electron chi connectivity index (χ3n) is 6.30. The first kappa shape index (κ1) is 17.6. The molecule has 0 saturated carbocycles. The van der Waals surface area contributed by atoms with Crippen LogP contribution in [-0.2, 0) is 22.6 Å². The zero-order chi connectivity index (χ0) is 18.3. The number of hydrogen-bond acceptors (Lipinski definition) is 4. The van der Waals surface area contributed by atoms with Gasteiger partial charge in [-0.1, -0.05) is 18.2 Å². The second-order valence-electron chi connectivity index (χ2n) is 7.81. The Morgan fingerprint density at radius 2 is 2.08 bits per heavy atom. The van der Waals surface area contributed by atoms with E-state index in [0.717, 1.165) is 24.6 Å². The molecule has 1 aromatic heterocycles. The quantitative estimate of drug-likeness (QED) is 0.791. The number of piperazine rings is 1.